The molecule has 0 aliphatic heterocycles. The summed E-state index contributed by atoms with van der Waals surface area (Å²) >= 11 is 1.81. The van der Waals surface area contributed by atoms with Gasteiger partial charge in [0, 0.05) is 10.9 Å². The first-order valence-electron chi connectivity index (χ1n) is 5.61. The summed E-state index contributed by atoms with van der Waals surface area (Å²) in [5.74, 6) is 0. The molecule has 0 aliphatic carbocycles. The lowest BCUT2D eigenvalue weighted by molar-refractivity contribution is 0.651. The zero-order chi connectivity index (χ0) is 11.4. The van der Waals surface area contributed by atoms with Crippen molar-refractivity contribution in [2.45, 2.75) is 25.8 Å². The highest BCUT2D eigenvalue weighted by atomic mass is 32.1. The second-order valence-corrected chi connectivity index (χ2v) is 5.18. The largest absolute Gasteiger partial charge is 0.324 e. The van der Waals surface area contributed by atoms with Gasteiger partial charge in [0.15, 0.2) is 0 Å². The first-order chi connectivity index (χ1) is 7.77. The van der Waals surface area contributed by atoms with E-state index in [9.17, 15) is 0 Å². The molecule has 1 heterocycles. The van der Waals surface area contributed by atoms with E-state index >= 15 is 0 Å². The predicted octanol–water partition coefficient (Wildman–Crippen LogP) is 3.69. The Balaban J connectivity index is 1.94. The lowest BCUT2D eigenvalue weighted by Crippen LogP contribution is -2.11. The van der Waals surface area contributed by atoms with Crippen LogP contribution in [0.2, 0.25) is 0 Å². The van der Waals surface area contributed by atoms with Gasteiger partial charge in [-0.2, -0.15) is 0 Å². The van der Waals surface area contributed by atoms with Gasteiger partial charge in [0.2, 0.25) is 0 Å². The van der Waals surface area contributed by atoms with Crippen LogP contribution >= 0.6 is 11.3 Å². The van der Waals surface area contributed by atoms with Crippen LogP contribution in [0, 0.1) is 6.92 Å². The molecule has 1 atom stereocenters. The summed E-state index contributed by atoms with van der Waals surface area (Å²) in [6.45, 7) is 2.17. The van der Waals surface area contributed by atoms with Crippen LogP contribution in [0.1, 0.15) is 28.5 Å². The highest BCUT2D eigenvalue weighted by Crippen LogP contribution is 2.21. The van der Waals surface area contributed by atoms with Gasteiger partial charge in [0.25, 0.3) is 0 Å². The van der Waals surface area contributed by atoms with E-state index < -0.39 is 0 Å². The molecule has 0 saturated heterocycles. The van der Waals surface area contributed by atoms with Crippen LogP contribution in [0.15, 0.2) is 41.8 Å². The summed E-state index contributed by atoms with van der Waals surface area (Å²) in [5, 5.41) is 2.15. The van der Waals surface area contributed by atoms with Crippen LogP contribution < -0.4 is 5.73 Å². The summed E-state index contributed by atoms with van der Waals surface area (Å²) in [4.78, 5) is 1.42. The van der Waals surface area contributed by atoms with Crippen molar-refractivity contribution in [2.75, 3.05) is 0 Å². The van der Waals surface area contributed by atoms with Gasteiger partial charge < -0.3 is 5.73 Å². The van der Waals surface area contributed by atoms with Gasteiger partial charge >= 0.3 is 0 Å². The number of aryl methyl sites for hydroxylation is 2. The van der Waals surface area contributed by atoms with E-state index in [1.165, 1.54) is 16.0 Å². The van der Waals surface area contributed by atoms with Crippen LogP contribution in [0.25, 0.3) is 0 Å². The van der Waals surface area contributed by atoms with Crippen LogP contribution in [0.4, 0.5) is 0 Å². The van der Waals surface area contributed by atoms with E-state index in [1.54, 1.807) is 0 Å². The molecule has 1 aromatic heterocycles. The zero-order valence-electron chi connectivity index (χ0n) is 9.52. The molecule has 0 fully saturated rings. The summed E-state index contributed by atoms with van der Waals surface area (Å²) in [5.41, 5.74) is 8.84. The van der Waals surface area contributed by atoms with Crippen molar-refractivity contribution < 1.29 is 0 Å². The van der Waals surface area contributed by atoms with Crippen molar-refractivity contribution in [3.63, 3.8) is 0 Å². The molecular formula is C14H17NS. The van der Waals surface area contributed by atoms with E-state index in [4.69, 9.17) is 5.73 Å². The Bertz CT molecular complexity index is 433. The van der Waals surface area contributed by atoms with Gasteiger partial charge in [0.05, 0.1) is 0 Å². The fourth-order valence-corrected chi connectivity index (χ4v) is 2.61. The Hall–Kier alpha value is -1.12. The third kappa shape index (κ3) is 2.71. The molecule has 2 rings (SSSR count). The topological polar surface area (TPSA) is 26.0 Å². The molecule has 1 aromatic carbocycles. The molecule has 0 aliphatic rings. The van der Waals surface area contributed by atoms with Crippen molar-refractivity contribution >= 4 is 11.3 Å². The maximum atomic E-state index is 6.17. The lowest BCUT2D eigenvalue weighted by atomic mass is 10.0. The standard InChI is InChI=1S/C14H17NS/c1-11-12(9-10-16-11)7-8-14(15)13-5-3-2-4-6-13/h2-6,9-10,14H,7-8,15H2,1H3. The monoisotopic (exact) mass is 231 g/mol. The van der Waals surface area contributed by atoms with Crippen LogP contribution in [0.3, 0.4) is 0 Å². The molecule has 2 heteroatoms. The van der Waals surface area contributed by atoms with Gasteiger partial charge in [0.1, 0.15) is 0 Å². The first-order valence-corrected chi connectivity index (χ1v) is 6.49. The maximum absolute atomic E-state index is 6.17. The lowest BCUT2D eigenvalue weighted by Gasteiger charge is -2.11. The third-order valence-electron chi connectivity index (χ3n) is 2.92. The summed E-state index contributed by atoms with van der Waals surface area (Å²) in [6.07, 6.45) is 2.09. The van der Waals surface area contributed by atoms with Gasteiger partial charge in [-0.05, 0) is 42.3 Å². The smallest absolute Gasteiger partial charge is 0.0298 e. The normalized spacial score (nSPS) is 12.6. The molecule has 1 nitrogen and oxygen atoms in total. The number of rotatable bonds is 4. The second-order valence-electron chi connectivity index (χ2n) is 4.06. The number of hydrogen-bond acceptors (Lipinski definition) is 2. The Morgan fingerprint density at radius 1 is 1.19 bits per heavy atom. The van der Waals surface area contributed by atoms with Crippen LogP contribution in [-0.4, -0.2) is 0 Å². The van der Waals surface area contributed by atoms with Gasteiger partial charge in [-0.1, -0.05) is 30.3 Å². The van der Waals surface area contributed by atoms with Crippen molar-refractivity contribution in [3.8, 4) is 0 Å². The quantitative estimate of drug-likeness (QED) is 0.853. The highest BCUT2D eigenvalue weighted by molar-refractivity contribution is 7.10. The summed E-state index contributed by atoms with van der Waals surface area (Å²) < 4.78 is 0. The fraction of sp³-hybridized carbons (Fsp3) is 0.286. The molecule has 0 radical (unpaired) electrons. The molecule has 2 N–H and O–H groups in total. The summed E-state index contributed by atoms with van der Waals surface area (Å²) in [6, 6.07) is 12.7. The van der Waals surface area contributed by atoms with E-state index in [0.717, 1.165) is 12.8 Å². The molecule has 0 bridgehead atoms. The molecule has 84 valence electrons. The Morgan fingerprint density at radius 2 is 1.94 bits per heavy atom. The second kappa shape index (κ2) is 5.28. The fourth-order valence-electron chi connectivity index (χ4n) is 1.85. The number of thiophene rings is 1. The Kier molecular flexibility index (Phi) is 3.75. The zero-order valence-corrected chi connectivity index (χ0v) is 10.3. The minimum Gasteiger partial charge on any atom is -0.324 e. The van der Waals surface area contributed by atoms with Crippen molar-refractivity contribution in [1.82, 2.24) is 0 Å². The van der Waals surface area contributed by atoms with Crippen LogP contribution in [0.5, 0.6) is 0 Å². The van der Waals surface area contributed by atoms with E-state index in [-0.39, 0.29) is 6.04 Å². The molecular weight excluding hydrogens is 214 g/mol. The number of hydrogen-bond donors (Lipinski definition) is 1. The SMILES string of the molecule is Cc1sccc1CCC(N)c1ccccc1. The highest BCUT2D eigenvalue weighted by Gasteiger charge is 2.07. The van der Waals surface area contributed by atoms with Gasteiger partial charge in [-0.25, -0.2) is 0 Å². The molecule has 0 spiro atoms. The van der Waals surface area contributed by atoms with Gasteiger partial charge in [-0.3, -0.25) is 0 Å². The van der Waals surface area contributed by atoms with Crippen molar-refractivity contribution in [2.24, 2.45) is 5.73 Å². The molecule has 0 saturated carbocycles. The Morgan fingerprint density at radius 3 is 2.56 bits per heavy atom. The van der Waals surface area contributed by atoms with E-state index in [0.29, 0.717) is 0 Å². The first kappa shape index (κ1) is 11.4. The Labute approximate surface area is 101 Å². The predicted molar refractivity (Wildman–Crippen MR) is 70.7 cm³/mol. The molecule has 1 unspecified atom stereocenters. The molecule has 0 amide bonds. The third-order valence-corrected chi connectivity index (χ3v) is 3.81. The van der Waals surface area contributed by atoms with E-state index in [1.807, 2.05) is 29.5 Å². The average molecular weight is 231 g/mol. The minimum atomic E-state index is 0.153. The van der Waals surface area contributed by atoms with E-state index in [2.05, 4.69) is 30.5 Å². The van der Waals surface area contributed by atoms with Crippen LogP contribution in [-0.2, 0) is 6.42 Å². The average Bonchev–Trinajstić information content (AvgIpc) is 2.73. The maximum Gasteiger partial charge on any atom is 0.0298 e. The number of benzene rings is 1. The molecule has 16 heavy (non-hydrogen) atoms. The van der Waals surface area contributed by atoms with Gasteiger partial charge in [-0.15, -0.1) is 11.3 Å². The number of nitrogens with two attached hydrogens (primary N) is 1. The van der Waals surface area contributed by atoms with Crippen molar-refractivity contribution in [1.29, 1.82) is 0 Å². The molecule has 2 aromatic rings. The summed E-state index contributed by atoms with van der Waals surface area (Å²) in [7, 11) is 0. The minimum absolute atomic E-state index is 0.153. The van der Waals surface area contributed by atoms with Crippen molar-refractivity contribution in [3.05, 3.63) is 57.8 Å².